The van der Waals surface area contributed by atoms with Crippen LogP contribution in [0.15, 0.2) is 11.1 Å². The van der Waals surface area contributed by atoms with Crippen LogP contribution in [0.25, 0.3) is 0 Å². The minimum Gasteiger partial charge on any atom is -0.370 e. The minimum absolute atomic E-state index is 0.0291. The quantitative estimate of drug-likeness (QED) is 0.661. The fourth-order valence-electron chi connectivity index (χ4n) is 1.40. The number of anilines is 1. The fraction of sp³-hybridized carbons (Fsp3) is 0.714. The zero-order valence-corrected chi connectivity index (χ0v) is 13.4. The summed E-state index contributed by atoms with van der Waals surface area (Å²) in [6, 6.07) is 2.04. The van der Waals surface area contributed by atoms with Gasteiger partial charge < -0.3 is 5.32 Å². The molecular formula is C14H25N3S. The maximum absolute atomic E-state index is 4.68. The van der Waals surface area contributed by atoms with E-state index in [1.807, 2.05) is 6.07 Å². The molecule has 1 aromatic rings. The van der Waals surface area contributed by atoms with Gasteiger partial charge in [0.25, 0.3) is 0 Å². The highest BCUT2D eigenvalue weighted by Gasteiger charge is 2.21. The molecule has 0 amide bonds. The maximum Gasteiger partial charge on any atom is 0.137 e. The molecule has 0 unspecified atom stereocenters. The van der Waals surface area contributed by atoms with Gasteiger partial charge in [-0.2, -0.15) is 0 Å². The van der Waals surface area contributed by atoms with Gasteiger partial charge in [0.1, 0.15) is 16.7 Å². The molecule has 4 heteroatoms. The lowest BCUT2D eigenvalue weighted by molar-refractivity contribution is 0.539. The Kier molecular flexibility index (Phi) is 4.65. The number of rotatable bonds is 3. The summed E-state index contributed by atoms with van der Waals surface area (Å²) in [5.74, 6) is 1.82. The van der Waals surface area contributed by atoms with Crippen LogP contribution >= 0.6 is 11.8 Å². The van der Waals surface area contributed by atoms with E-state index in [1.165, 1.54) is 0 Å². The summed E-state index contributed by atoms with van der Waals surface area (Å²) in [7, 11) is 0. The van der Waals surface area contributed by atoms with Crippen LogP contribution in [0.2, 0.25) is 0 Å². The van der Waals surface area contributed by atoms with Crippen molar-refractivity contribution in [3.05, 3.63) is 11.9 Å². The smallest absolute Gasteiger partial charge is 0.137 e. The van der Waals surface area contributed by atoms with Crippen LogP contribution in [-0.4, -0.2) is 21.3 Å². The lowest BCUT2D eigenvalue weighted by atomic mass is 9.96. The van der Waals surface area contributed by atoms with E-state index in [1.54, 1.807) is 11.8 Å². The number of nitrogens with one attached hydrogen (secondary N) is 1. The van der Waals surface area contributed by atoms with E-state index < -0.39 is 0 Å². The monoisotopic (exact) mass is 267 g/mol. The first-order chi connectivity index (χ1) is 8.12. The second-order valence-electron chi connectivity index (χ2n) is 6.41. The van der Waals surface area contributed by atoms with Gasteiger partial charge in [-0.3, -0.25) is 0 Å². The van der Waals surface area contributed by atoms with Crippen molar-refractivity contribution in [2.24, 2.45) is 0 Å². The Bertz CT molecular complexity index is 402. The highest BCUT2D eigenvalue weighted by molar-refractivity contribution is 8.00. The Morgan fingerprint density at radius 3 is 2.17 bits per heavy atom. The molecule has 1 N–H and O–H groups in total. The lowest BCUT2D eigenvalue weighted by Crippen LogP contribution is -2.18. The lowest BCUT2D eigenvalue weighted by Gasteiger charge is -2.21. The Morgan fingerprint density at radius 1 is 1.11 bits per heavy atom. The minimum atomic E-state index is -0.0291. The molecule has 0 aliphatic rings. The molecule has 0 fully saturated rings. The standard InChI is InChI=1S/C14H25N3S/c1-8-15-10-9-11(18-14(5,6)7)17-12(16-10)13(2,3)4/h9H,8H2,1-7H3,(H,15,16,17). The van der Waals surface area contributed by atoms with Gasteiger partial charge >= 0.3 is 0 Å². The number of nitrogens with zero attached hydrogens (tertiary/aromatic N) is 2. The van der Waals surface area contributed by atoms with Crippen molar-refractivity contribution in [1.82, 2.24) is 9.97 Å². The summed E-state index contributed by atoms with van der Waals surface area (Å²) in [4.78, 5) is 9.27. The molecule has 0 saturated heterocycles. The van der Waals surface area contributed by atoms with Crippen molar-refractivity contribution in [2.45, 2.75) is 63.7 Å². The van der Waals surface area contributed by atoms with Crippen molar-refractivity contribution in [1.29, 1.82) is 0 Å². The van der Waals surface area contributed by atoms with Gasteiger partial charge in [0.15, 0.2) is 0 Å². The average Bonchev–Trinajstić information content (AvgIpc) is 2.13. The molecule has 1 heterocycles. The molecule has 1 aromatic heterocycles. The molecular weight excluding hydrogens is 242 g/mol. The Labute approximate surface area is 115 Å². The summed E-state index contributed by atoms with van der Waals surface area (Å²) in [5, 5.41) is 4.32. The van der Waals surface area contributed by atoms with E-state index >= 15 is 0 Å². The molecule has 102 valence electrons. The molecule has 0 aromatic carbocycles. The molecule has 0 atom stereocenters. The third-order valence-corrected chi connectivity index (χ3v) is 3.17. The summed E-state index contributed by atoms with van der Waals surface area (Å²) < 4.78 is 0.160. The van der Waals surface area contributed by atoms with Crippen LogP contribution in [-0.2, 0) is 5.41 Å². The molecule has 18 heavy (non-hydrogen) atoms. The molecule has 0 spiro atoms. The van der Waals surface area contributed by atoms with E-state index in [0.29, 0.717) is 0 Å². The van der Waals surface area contributed by atoms with Crippen molar-refractivity contribution in [3.63, 3.8) is 0 Å². The Hall–Kier alpha value is -0.770. The largest absolute Gasteiger partial charge is 0.370 e. The second kappa shape index (κ2) is 5.47. The molecule has 1 rings (SSSR count). The van der Waals surface area contributed by atoms with Crippen molar-refractivity contribution < 1.29 is 0 Å². The van der Waals surface area contributed by atoms with Crippen LogP contribution in [0.5, 0.6) is 0 Å². The average molecular weight is 267 g/mol. The zero-order chi connectivity index (χ0) is 14.0. The van der Waals surface area contributed by atoms with E-state index in [2.05, 4.69) is 63.8 Å². The van der Waals surface area contributed by atoms with Crippen LogP contribution < -0.4 is 5.32 Å². The second-order valence-corrected chi connectivity index (χ2v) is 8.26. The topological polar surface area (TPSA) is 37.8 Å². The van der Waals surface area contributed by atoms with E-state index in [0.717, 1.165) is 23.2 Å². The van der Waals surface area contributed by atoms with Crippen LogP contribution in [0.3, 0.4) is 0 Å². The first-order valence-corrected chi connectivity index (χ1v) is 7.26. The highest BCUT2D eigenvalue weighted by Crippen LogP contribution is 2.32. The van der Waals surface area contributed by atoms with E-state index in [-0.39, 0.29) is 10.2 Å². The third kappa shape index (κ3) is 4.84. The van der Waals surface area contributed by atoms with E-state index in [9.17, 15) is 0 Å². The van der Waals surface area contributed by atoms with Gasteiger partial charge in [0.05, 0.1) is 0 Å². The summed E-state index contributed by atoms with van der Waals surface area (Å²) >= 11 is 1.78. The molecule has 3 nitrogen and oxygen atoms in total. The van der Waals surface area contributed by atoms with Crippen LogP contribution in [0.4, 0.5) is 5.82 Å². The number of hydrogen-bond acceptors (Lipinski definition) is 4. The van der Waals surface area contributed by atoms with Gasteiger partial charge in [-0.15, -0.1) is 11.8 Å². The van der Waals surface area contributed by atoms with Crippen molar-refractivity contribution >= 4 is 17.6 Å². The molecule has 0 radical (unpaired) electrons. The molecule has 0 aliphatic heterocycles. The highest BCUT2D eigenvalue weighted by atomic mass is 32.2. The van der Waals surface area contributed by atoms with Crippen molar-refractivity contribution in [3.8, 4) is 0 Å². The first-order valence-electron chi connectivity index (χ1n) is 6.44. The van der Waals surface area contributed by atoms with Gasteiger partial charge in [-0.25, -0.2) is 9.97 Å². The Morgan fingerprint density at radius 2 is 1.72 bits per heavy atom. The number of thioether (sulfide) groups is 1. The molecule has 0 bridgehead atoms. The molecule has 0 saturated carbocycles. The van der Waals surface area contributed by atoms with Crippen LogP contribution in [0.1, 0.15) is 54.3 Å². The predicted molar refractivity (Wildman–Crippen MR) is 80.5 cm³/mol. The number of hydrogen-bond donors (Lipinski definition) is 1. The first kappa shape index (κ1) is 15.3. The summed E-state index contributed by atoms with van der Waals surface area (Å²) in [6.45, 7) is 16.0. The van der Waals surface area contributed by atoms with E-state index in [4.69, 9.17) is 0 Å². The zero-order valence-electron chi connectivity index (χ0n) is 12.6. The van der Waals surface area contributed by atoms with Gasteiger partial charge in [-0.1, -0.05) is 41.5 Å². The van der Waals surface area contributed by atoms with Crippen LogP contribution in [0, 0.1) is 0 Å². The third-order valence-electron chi connectivity index (χ3n) is 2.14. The SMILES string of the molecule is CCNc1cc(SC(C)(C)C)nc(C(C)(C)C)n1. The number of aromatic nitrogens is 2. The molecule has 0 aliphatic carbocycles. The maximum atomic E-state index is 4.68. The predicted octanol–water partition coefficient (Wildman–Crippen LogP) is 4.10. The van der Waals surface area contributed by atoms with Gasteiger partial charge in [-0.05, 0) is 6.92 Å². The fourth-order valence-corrected chi connectivity index (χ4v) is 2.33. The Balaban J connectivity index is 3.14. The summed E-state index contributed by atoms with van der Waals surface area (Å²) in [5.41, 5.74) is -0.0291. The van der Waals surface area contributed by atoms with Gasteiger partial charge in [0.2, 0.25) is 0 Å². The normalized spacial score (nSPS) is 12.6. The summed E-state index contributed by atoms with van der Waals surface area (Å²) in [6.07, 6.45) is 0. The van der Waals surface area contributed by atoms with Crippen molar-refractivity contribution in [2.75, 3.05) is 11.9 Å². The van der Waals surface area contributed by atoms with Gasteiger partial charge in [0, 0.05) is 22.8 Å².